The first-order valence-corrected chi connectivity index (χ1v) is 10.7. The standard InChI is InChI=1S/C21H34N4O2S/c1-16-17(15-23-7-5-22-6-8-23)13-18(14-19(16)28)24-9-11-25(12-10-24)20(26)27-21(2,3)4/h13-14,22,28H,5-12,15H2,1-4H3. The molecule has 0 unspecified atom stereocenters. The number of anilines is 1. The highest BCUT2D eigenvalue weighted by Crippen LogP contribution is 2.28. The minimum absolute atomic E-state index is 0.217. The molecule has 0 aliphatic carbocycles. The number of benzene rings is 1. The van der Waals surface area contributed by atoms with Crippen LogP contribution in [0.2, 0.25) is 0 Å². The number of thiol groups is 1. The molecule has 0 spiro atoms. The molecule has 2 heterocycles. The van der Waals surface area contributed by atoms with Crippen LogP contribution in [0, 0.1) is 6.92 Å². The summed E-state index contributed by atoms with van der Waals surface area (Å²) in [6.07, 6.45) is -0.217. The smallest absolute Gasteiger partial charge is 0.410 e. The zero-order chi connectivity index (χ0) is 20.3. The second-order valence-corrected chi connectivity index (χ2v) is 9.21. The van der Waals surface area contributed by atoms with Crippen molar-refractivity contribution >= 4 is 24.4 Å². The number of nitrogens with zero attached hydrogens (tertiary/aromatic N) is 3. The van der Waals surface area contributed by atoms with Crippen LogP contribution >= 0.6 is 12.6 Å². The fraction of sp³-hybridized carbons (Fsp3) is 0.667. The number of piperazine rings is 2. The second kappa shape index (κ2) is 8.93. The van der Waals surface area contributed by atoms with E-state index in [9.17, 15) is 4.79 Å². The largest absolute Gasteiger partial charge is 0.444 e. The summed E-state index contributed by atoms with van der Waals surface area (Å²) in [5.41, 5.74) is 3.35. The lowest BCUT2D eigenvalue weighted by Gasteiger charge is -2.37. The third-order valence-corrected chi connectivity index (χ3v) is 5.84. The van der Waals surface area contributed by atoms with Crippen LogP contribution in [0.5, 0.6) is 0 Å². The van der Waals surface area contributed by atoms with Gasteiger partial charge in [0.15, 0.2) is 0 Å². The van der Waals surface area contributed by atoms with Crippen LogP contribution in [0.15, 0.2) is 17.0 Å². The van der Waals surface area contributed by atoms with Crippen molar-refractivity contribution in [1.82, 2.24) is 15.1 Å². The molecule has 2 fully saturated rings. The van der Waals surface area contributed by atoms with Crippen molar-refractivity contribution in [2.24, 2.45) is 0 Å². The molecular weight excluding hydrogens is 372 g/mol. The summed E-state index contributed by atoms with van der Waals surface area (Å²) in [5, 5.41) is 3.41. The van der Waals surface area contributed by atoms with Crippen LogP contribution in [-0.2, 0) is 11.3 Å². The second-order valence-electron chi connectivity index (χ2n) is 8.73. The quantitative estimate of drug-likeness (QED) is 0.756. The van der Waals surface area contributed by atoms with E-state index in [4.69, 9.17) is 17.4 Å². The van der Waals surface area contributed by atoms with Crippen molar-refractivity contribution in [2.75, 3.05) is 57.3 Å². The summed E-state index contributed by atoms with van der Waals surface area (Å²) in [6.45, 7) is 16.1. The third-order valence-electron chi connectivity index (χ3n) is 5.37. The van der Waals surface area contributed by atoms with E-state index in [0.717, 1.165) is 50.7 Å². The van der Waals surface area contributed by atoms with Crippen LogP contribution < -0.4 is 10.2 Å². The Hall–Kier alpha value is -1.44. The van der Waals surface area contributed by atoms with Gasteiger partial charge in [0, 0.05) is 69.5 Å². The van der Waals surface area contributed by atoms with Gasteiger partial charge in [0.25, 0.3) is 0 Å². The number of ether oxygens (including phenoxy) is 1. The predicted molar refractivity (Wildman–Crippen MR) is 117 cm³/mol. The van der Waals surface area contributed by atoms with Crippen LogP contribution in [-0.4, -0.2) is 73.9 Å². The average molecular weight is 407 g/mol. The Balaban J connectivity index is 1.65. The van der Waals surface area contributed by atoms with Gasteiger partial charge in [0.1, 0.15) is 5.60 Å². The maximum absolute atomic E-state index is 12.3. The maximum Gasteiger partial charge on any atom is 0.410 e. The van der Waals surface area contributed by atoms with Crippen molar-refractivity contribution in [3.8, 4) is 0 Å². The summed E-state index contributed by atoms with van der Waals surface area (Å²) in [7, 11) is 0. The normalized spacial score (nSPS) is 19.0. The van der Waals surface area contributed by atoms with Gasteiger partial charge in [-0.2, -0.15) is 0 Å². The Kier molecular flexibility index (Phi) is 6.78. The molecule has 156 valence electrons. The van der Waals surface area contributed by atoms with Crippen molar-refractivity contribution in [3.05, 3.63) is 23.3 Å². The fourth-order valence-electron chi connectivity index (χ4n) is 3.67. The van der Waals surface area contributed by atoms with Gasteiger partial charge in [0.2, 0.25) is 0 Å². The fourth-order valence-corrected chi connectivity index (χ4v) is 3.95. The van der Waals surface area contributed by atoms with Gasteiger partial charge in [-0.25, -0.2) is 4.79 Å². The highest BCUT2D eigenvalue weighted by atomic mass is 32.1. The first-order chi connectivity index (χ1) is 13.2. The predicted octanol–water partition coefficient (Wildman–Crippen LogP) is 2.75. The zero-order valence-electron chi connectivity index (χ0n) is 17.6. The molecule has 6 nitrogen and oxygen atoms in total. The van der Waals surface area contributed by atoms with Gasteiger partial charge in [-0.05, 0) is 51.0 Å². The lowest BCUT2D eigenvalue weighted by Crippen LogP contribution is -2.50. The highest BCUT2D eigenvalue weighted by molar-refractivity contribution is 7.80. The SMILES string of the molecule is Cc1c(S)cc(N2CCN(C(=O)OC(C)(C)C)CC2)cc1CN1CCNCC1. The molecule has 0 radical (unpaired) electrons. The van der Waals surface area contributed by atoms with E-state index in [0.29, 0.717) is 13.1 Å². The minimum atomic E-state index is -0.453. The molecule has 3 rings (SSSR count). The van der Waals surface area contributed by atoms with Gasteiger partial charge >= 0.3 is 6.09 Å². The van der Waals surface area contributed by atoms with E-state index in [-0.39, 0.29) is 6.09 Å². The molecular formula is C21H34N4O2S. The van der Waals surface area contributed by atoms with Crippen molar-refractivity contribution < 1.29 is 9.53 Å². The molecule has 0 aromatic heterocycles. The molecule has 28 heavy (non-hydrogen) atoms. The molecule has 0 atom stereocenters. The number of amides is 1. The molecule has 2 saturated heterocycles. The zero-order valence-corrected chi connectivity index (χ0v) is 18.5. The van der Waals surface area contributed by atoms with Crippen LogP contribution in [0.25, 0.3) is 0 Å². The number of carbonyl (C=O) groups is 1. The molecule has 0 bridgehead atoms. The summed E-state index contributed by atoms with van der Waals surface area (Å²) < 4.78 is 5.50. The number of hydrogen-bond donors (Lipinski definition) is 2. The Morgan fingerprint density at radius 1 is 1.11 bits per heavy atom. The van der Waals surface area contributed by atoms with Crippen molar-refractivity contribution in [3.63, 3.8) is 0 Å². The van der Waals surface area contributed by atoms with Gasteiger partial charge < -0.3 is 19.9 Å². The van der Waals surface area contributed by atoms with E-state index in [2.05, 4.69) is 34.2 Å². The van der Waals surface area contributed by atoms with Gasteiger partial charge in [-0.3, -0.25) is 4.90 Å². The van der Waals surface area contributed by atoms with E-state index >= 15 is 0 Å². The van der Waals surface area contributed by atoms with Crippen LogP contribution in [0.4, 0.5) is 10.5 Å². The van der Waals surface area contributed by atoms with E-state index in [1.54, 1.807) is 4.90 Å². The van der Waals surface area contributed by atoms with Gasteiger partial charge in [-0.1, -0.05) is 0 Å². The number of carbonyl (C=O) groups excluding carboxylic acids is 1. The lowest BCUT2D eigenvalue weighted by molar-refractivity contribution is 0.0240. The maximum atomic E-state index is 12.3. The van der Waals surface area contributed by atoms with Gasteiger partial charge in [-0.15, -0.1) is 12.6 Å². The van der Waals surface area contributed by atoms with E-state index in [1.807, 2.05) is 20.8 Å². The Labute approximate surface area is 174 Å². The first-order valence-electron chi connectivity index (χ1n) is 10.2. The molecule has 1 aromatic carbocycles. The van der Waals surface area contributed by atoms with E-state index < -0.39 is 5.60 Å². The number of nitrogens with one attached hydrogen (secondary N) is 1. The highest BCUT2D eigenvalue weighted by Gasteiger charge is 2.26. The Bertz CT molecular complexity index is 690. The van der Waals surface area contributed by atoms with Crippen molar-refractivity contribution in [2.45, 2.75) is 44.7 Å². The van der Waals surface area contributed by atoms with Crippen molar-refractivity contribution in [1.29, 1.82) is 0 Å². The first kappa shape index (κ1) is 21.3. The van der Waals surface area contributed by atoms with E-state index in [1.165, 1.54) is 16.8 Å². The summed E-state index contributed by atoms with van der Waals surface area (Å²) in [6, 6.07) is 4.46. The van der Waals surface area contributed by atoms with Crippen LogP contribution in [0.1, 0.15) is 31.9 Å². The lowest BCUT2D eigenvalue weighted by atomic mass is 10.1. The Morgan fingerprint density at radius 2 is 1.75 bits per heavy atom. The number of hydrogen-bond acceptors (Lipinski definition) is 6. The molecule has 2 aliphatic rings. The number of rotatable bonds is 3. The molecule has 1 N–H and O–H groups in total. The topological polar surface area (TPSA) is 48.1 Å². The third kappa shape index (κ3) is 5.55. The average Bonchev–Trinajstić information content (AvgIpc) is 2.65. The molecule has 7 heteroatoms. The van der Waals surface area contributed by atoms with Gasteiger partial charge in [0.05, 0.1) is 0 Å². The Morgan fingerprint density at radius 3 is 2.36 bits per heavy atom. The molecule has 2 aliphatic heterocycles. The van der Waals surface area contributed by atoms with Crippen LogP contribution in [0.3, 0.4) is 0 Å². The molecule has 1 amide bonds. The summed E-state index contributed by atoms with van der Waals surface area (Å²) >= 11 is 4.73. The summed E-state index contributed by atoms with van der Waals surface area (Å²) in [4.78, 5) is 20.0. The minimum Gasteiger partial charge on any atom is -0.444 e. The molecule has 1 aromatic rings. The molecule has 0 saturated carbocycles. The monoisotopic (exact) mass is 406 g/mol. The summed E-state index contributed by atoms with van der Waals surface area (Å²) in [5.74, 6) is 0.